The second-order valence-electron chi connectivity index (χ2n) is 8.98. The van der Waals surface area contributed by atoms with E-state index >= 15 is 0 Å². The number of hydrogen-bond donors (Lipinski definition) is 2. The minimum Gasteiger partial charge on any atom is -0.480 e. The molecule has 0 spiro atoms. The number of nitrogens with one attached hydrogen (secondary N) is 1. The van der Waals surface area contributed by atoms with Crippen LogP contribution in [0.5, 0.6) is 5.75 Å². The van der Waals surface area contributed by atoms with E-state index in [0.29, 0.717) is 30.0 Å². The number of aliphatic carboxylic acids is 1. The van der Waals surface area contributed by atoms with E-state index in [0.717, 1.165) is 24.2 Å². The number of fused-ring (bicyclic) bond motifs is 1. The highest BCUT2D eigenvalue weighted by molar-refractivity contribution is 5.86. The van der Waals surface area contributed by atoms with Gasteiger partial charge in [0.05, 0.1) is 0 Å². The van der Waals surface area contributed by atoms with E-state index in [4.69, 9.17) is 4.74 Å². The number of hydrogen-bond acceptors (Lipinski definition) is 6. The van der Waals surface area contributed by atoms with Crippen LogP contribution in [0, 0.1) is 0 Å². The van der Waals surface area contributed by atoms with Gasteiger partial charge in [0.25, 0.3) is 0 Å². The Kier molecular flexibility index (Phi) is 7.62. The molecule has 0 radical (unpaired) electrons. The third-order valence-corrected chi connectivity index (χ3v) is 6.08. The van der Waals surface area contributed by atoms with Gasteiger partial charge in [-0.1, -0.05) is 42.5 Å². The van der Waals surface area contributed by atoms with Crippen molar-refractivity contribution < 1.29 is 24.2 Å². The first-order valence-corrected chi connectivity index (χ1v) is 11.8. The maximum Gasteiger partial charge on any atom is 0.414 e. The molecule has 36 heavy (non-hydrogen) atoms. The molecular weight excluding hydrogens is 462 g/mol. The van der Waals surface area contributed by atoms with Crippen LogP contribution in [0.2, 0.25) is 0 Å². The van der Waals surface area contributed by atoms with Crippen molar-refractivity contribution in [1.29, 1.82) is 0 Å². The summed E-state index contributed by atoms with van der Waals surface area (Å²) in [5, 5.41) is 21.1. The van der Waals surface area contributed by atoms with E-state index in [9.17, 15) is 19.5 Å². The Bertz CT molecular complexity index is 1220. The van der Waals surface area contributed by atoms with Crippen LogP contribution in [0.25, 0.3) is 0 Å². The summed E-state index contributed by atoms with van der Waals surface area (Å²) in [5.41, 5.74) is 1.74. The molecule has 2 N–H and O–H groups in total. The molecule has 0 bridgehead atoms. The average molecular weight is 492 g/mol. The normalized spacial score (nSPS) is 15.4. The number of aromatic nitrogens is 3. The maximum atomic E-state index is 13.3. The number of carboxylic acid groups (broad SMARTS) is 1. The fourth-order valence-corrected chi connectivity index (χ4v) is 4.21. The molecule has 0 saturated heterocycles. The number of carboxylic acids is 1. The van der Waals surface area contributed by atoms with E-state index in [2.05, 4.69) is 15.5 Å². The summed E-state index contributed by atoms with van der Waals surface area (Å²) in [4.78, 5) is 38.3. The highest BCUT2D eigenvalue weighted by Crippen LogP contribution is 2.27. The van der Waals surface area contributed by atoms with Crippen LogP contribution in [0.15, 0.2) is 54.6 Å². The van der Waals surface area contributed by atoms with Crippen molar-refractivity contribution in [3.63, 3.8) is 0 Å². The molecule has 10 heteroatoms. The molecule has 1 aliphatic heterocycles. The summed E-state index contributed by atoms with van der Waals surface area (Å²) >= 11 is 0. The number of ether oxygens (including phenoxy) is 1. The van der Waals surface area contributed by atoms with Crippen molar-refractivity contribution in [3.8, 4) is 5.75 Å². The summed E-state index contributed by atoms with van der Waals surface area (Å²) in [6.07, 6.45) is 2.18. The first-order valence-electron chi connectivity index (χ1n) is 11.8. The van der Waals surface area contributed by atoms with Gasteiger partial charge in [0, 0.05) is 33.4 Å². The van der Waals surface area contributed by atoms with Gasteiger partial charge in [-0.25, -0.2) is 9.59 Å². The lowest BCUT2D eigenvalue weighted by Crippen LogP contribution is -2.46. The van der Waals surface area contributed by atoms with E-state index < -0.39 is 24.1 Å². The Morgan fingerprint density at radius 3 is 2.47 bits per heavy atom. The van der Waals surface area contributed by atoms with Crippen LogP contribution in [-0.4, -0.2) is 62.9 Å². The molecule has 1 aromatic heterocycles. The molecule has 0 fully saturated rings. The predicted molar refractivity (Wildman–Crippen MR) is 131 cm³/mol. The fraction of sp³-hybridized carbons (Fsp3) is 0.346. The average Bonchev–Trinajstić information content (AvgIpc) is 3.28. The van der Waals surface area contributed by atoms with Gasteiger partial charge in [0.2, 0.25) is 5.91 Å². The highest BCUT2D eigenvalue weighted by atomic mass is 16.6. The Labute approximate surface area is 208 Å². The summed E-state index contributed by atoms with van der Waals surface area (Å²) in [7, 11) is 3.16. The standard InChI is InChI=1S/C26H29N5O5/c1-30(2)26(35)36-19-13-11-18(12-14-19)15-20(25(33)34)27-24(32)21-9-6-10-22-28-29-23(31(21)22)16-17-7-4-3-5-8-17/h3-5,7-8,11-14,20-21H,6,9-10,15-16H2,1-2H3,(H,27,32)(H,33,34)/t20?,21-/m0/s1. The van der Waals surface area contributed by atoms with Gasteiger partial charge in [-0.05, 0) is 36.1 Å². The second-order valence-corrected chi connectivity index (χ2v) is 8.98. The zero-order valence-electron chi connectivity index (χ0n) is 20.3. The molecule has 0 aliphatic carbocycles. The monoisotopic (exact) mass is 491 g/mol. The third-order valence-electron chi connectivity index (χ3n) is 6.08. The van der Waals surface area contributed by atoms with Gasteiger partial charge < -0.3 is 24.6 Å². The Morgan fingerprint density at radius 2 is 1.81 bits per heavy atom. The van der Waals surface area contributed by atoms with Crippen LogP contribution in [-0.2, 0) is 28.9 Å². The molecule has 3 aromatic rings. The molecule has 2 amide bonds. The SMILES string of the molecule is CN(C)C(=O)Oc1ccc(CC(NC(=O)[C@@H]2CCCc3nnc(Cc4ccccc4)n32)C(=O)O)cc1. The highest BCUT2D eigenvalue weighted by Gasteiger charge is 2.32. The topological polar surface area (TPSA) is 127 Å². The van der Waals surface area contributed by atoms with Gasteiger partial charge in [-0.15, -0.1) is 10.2 Å². The minimum atomic E-state index is -1.13. The number of nitrogens with zero attached hydrogens (tertiary/aromatic N) is 4. The summed E-state index contributed by atoms with van der Waals surface area (Å²) in [6, 6.07) is 14.7. The van der Waals surface area contributed by atoms with Crippen molar-refractivity contribution >= 4 is 18.0 Å². The number of aryl methyl sites for hydroxylation is 1. The molecule has 1 aliphatic rings. The van der Waals surface area contributed by atoms with Crippen LogP contribution < -0.4 is 10.1 Å². The lowest BCUT2D eigenvalue weighted by molar-refractivity contribution is -0.142. The molecule has 188 valence electrons. The van der Waals surface area contributed by atoms with E-state index in [1.54, 1.807) is 38.4 Å². The van der Waals surface area contributed by atoms with Crippen molar-refractivity contribution in [3.05, 3.63) is 77.4 Å². The van der Waals surface area contributed by atoms with E-state index in [-0.39, 0.29) is 12.3 Å². The predicted octanol–water partition coefficient (Wildman–Crippen LogP) is 2.62. The summed E-state index contributed by atoms with van der Waals surface area (Å²) < 4.78 is 7.05. The van der Waals surface area contributed by atoms with Gasteiger partial charge >= 0.3 is 12.1 Å². The Balaban J connectivity index is 1.46. The smallest absolute Gasteiger partial charge is 0.414 e. The quantitative estimate of drug-likeness (QED) is 0.496. The van der Waals surface area contributed by atoms with Crippen molar-refractivity contribution in [2.24, 2.45) is 0 Å². The second kappa shape index (κ2) is 11.0. The van der Waals surface area contributed by atoms with Crippen molar-refractivity contribution in [2.45, 2.75) is 44.2 Å². The molecule has 2 heterocycles. The van der Waals surface area contributed by atoms with Crippen LogP contribution in [0.3, 0.4) is 0 Å². The zero-order chi connectivity index (χ0) is 25.7. The van der Waals surface area contributed by atoms with Crippen LogP contribution >= 0.6 is 0 Å². The number of rotatable bonds is 8. The maximum absolute atomic E-state index is 13.3. The lowest BCUT2D eigenvalue weighted by atomic mass is 10.0. The fourth-order valence-electron chi connectivity index (χ4n) is 4.21. The molecular formula is C26H29N5O5. The Morgan fingerprint density at radius 1 is 1.08 bits per heavy atom. The summed E-state index contributed by atoms with van der Waals surface area (Å²) in [5.74, 6) is 0.277. The van der Waals surface area contributed by atoms with Crippen LogP contribution in [0.4, 0.5) is 4.79 Å². The van der Waals surface area contributed by atoms with Gasteiger partial charge in [0.15, 0.2) is 0 Å². The lowest BCUT2D eigenvalue weighted by Gasteiger charge is -2.27. The molecule has 2 atom stereocenters. The minimum absolute atomic E-state index is 0.0849. The van der Waals surface area contributed by atoms with Crippen LogP contribution in [0.1, 0.15) is 41.7 Å². The number of carbonyl (C=O) groups is 3. The number of amides is 2. The molecule has 4 rings (SSSR count). The molecule has 10 nitrogen and oxygen atoms in total. The number of carbonyl (C=O) groups excluding carboxylic acids is 2. The van der Waals surface area contributed by atoms with E-state index in [1.807, 2.05) is 34.9 Å². The first kappa shape index (κ1) is 24.9. The van der Waals surface area contributed by atoms with Gasteiger partial charge in [-0.3, -0.25) is 4.79 Å². The first-order chi connectivity index (χ1) is 17.3. The van der Waals surface area contributed by atoms with Crippen molar-refractivity contribution in [1.82, 2.24) is 25.0 Å². The molecule has 2 aromatic carbocycles. The molecule has 1 unspecified atom stereocenters. The zero-order valence-corrected chi connectivity index (χ0v) is 20.3. The Hall–Kier alpha value is -4.21. The third kappa shape index (κ3) is 5.88. The largest absolute Gasteiger partial charge is 0.480 e. The molecule has 0 saturated carbocycles. The van der Waals surface area contributed by atoms with Gasteiger partial charge in [0.1, 0.15) is 29.5 Å². The van der Waals surface area contributed by atoms with Gasteiger partial charge in [-0.2, -0.15) is 0 Å². The van der Waals surface area contributed by atoms with E-state index in [1.165, 1.54) is 4.90 Å². The number of benzene rings is 2. The summed E-state index contributed by atoms with van der Waals surface area (Å²) in [6.45, 7) is 0. The van der Waals surface area contributed by atoms with Crippen molar-refractivity contribution in [2.75, 3.05) is 14.1 Å².